The number of halogens is 1. The van der Waals surface area contributed by atoms with E-state index in [9.17, 15) is 0 Å². The second-order valence-corrected chi connectivity index (χ2v) is 4.56. The maximum absolute atomic E-state index is 5.87. The van der Waals surface area contributed by atoms with E-state index in [2.05, 4.69) is 21.1 Å². The molecule has 0 aliphatic heterocycles. The first-order valence-corrected chi connectivity index (χ1v) is 5.98. The molecular weight excluding hydrogens is 268 g/mol. The molecular formula is C12H13BrN2O. The molecule has 3 nitrogen and oxygen atoms in total. The average Bonchev–Trinajstić information content (AvgIpc) is 2.77. The summed E-state index contributed by atoms with van der Waals surface area (Å²) in [7, 11) is 0. The number of hydrogen-bond acceptors (Lipinski definition) is 3. The van der Waals surface area contributed by atoms with E-state index in [0.717, 1.165) is 27.9 Å². The summed E-state index contributed by atoms with van der Waals surface area (Å²) in [6.07, 6.45) is 0.840. The highest BCUT2D eigenvalue weighted by Crippen LogP contribution is 2.24. The number of aromatic nitrogens is 1. The fourth-order valence-corrected chi connectivity index (χ4v) is 1.85. The predicted molar refractivity (Wildman–Crippen MR) is 66.9 cm³/mol. The molecule has 0 radical (unpaired) electrons. The molecule has 4 heteroatoms. The maximum Gasteiger partial charge on any atom is 0.154 e. The van der Waals surface area contributed by atoms with Gasteiger partial charge in [0.15, 0.2) is 5.76 Å². The lowest BCUT2D eigenvalue weighted by Gasteiger charge is -2.00. The fraction of sp³-hybridized carbons (Fsp3) is 0.250. The summed E-state index contributed by atoms with van der Waals surface area (Å²) in [6.45, 7) is 2.02. The maximum atomic E-state index is 5.87. The van der Waals surface area contributed by atoms with Gasteiger partial charge in [-0.3, -0.25) is 0 Å². The van der Waals surface area contributed by atoms with E-state index in [-0.39, 0.29) is 6.04 Å². The molecule has 1 heterocycles. The van der Waals surface area contributed by atoms with Crippen molar-refractivity contribution in [2.75, 3.05) is 0 Å². The molecule has 0 bridgehead atoms. The van der Waals surface area contributed by atoms with E-state index >= 15 is 0 Å². The van der Waals surface area contributed by atoms with E-state index in [0.29, 0.717) is 0 Å². The number of nitrogens with zero attached hydrogens (tertiary/aromatic N) is 1. The lowest BCUT2D eigenvalue weighted by molar-refractivity contribution is 0.360. The van der Waals surface area contributed by atoms with Crippen molar-refractivity contribution in [2.45, 2.75) is 19.4 Å². The Balaban J connectivity index is 2.31. The van der Waals surface area contributed by atoms with Crippen LogP contribution in [-0.2, 0) is 0 Å². The molecule has 1 aromatic heterocycles. The Bertz CT molecular complexity index is 481. The second kappa shape index (κ2) is 4.80. The molecule has 16 heavy (non-hydrogen) atoms. The molecule has 0 fully saturated rings. The summed E-state index contributed by atoms with van der Waals surface area (Å²) in [4.78, 5) is 0. The molecule has 0 amide bonds. The first-order valence-electron chi connectivity index (χ1n) is 5.19. The minimum Gasteiger partial charge on any atom is -0.359 e. The van der Waals surface area contributed by atoms with Gasteiger partial charge >= 0.3 is 0 Å². The normalized spacial score (nSPS) is 12.7. The molecule has 0 saturated carbocycles. The van der Waals surface area contributed by atoms with Crippen molar-refractivity contribution in [2.24, 2.45) is 5.73 Å². The van der Waals surface area contributed by atoms with Crippen LogP contribution in [0.15, 0.2) is 39.3 Å². The number of rotatable bonds is 3. The van der Waals surface area contributed by atoms with E-state index in [4.69, 9.17) is 10.3 Å². The van der Waals surface area contributed by atoms with Crippen LogP contribution in [0.4, 0.5) is 0 Å². The molecule has 0 aliphatic rings. The smallest absolute Gasteiger partial charge is 0.154 e. The van der Waals surface area contributed by atoms with Crippen molar-refractivity contribution >= 4 is 15.9 Å². The minimum atomic E-state index is -0.0756. The molecule has 0 aliphatic carbocycles. The SMILES string of the molecule is CCC(N)c1cc(-c2cccc(Br)c2)no1. The number of nitrogens with two attached hydrogens (primary N) is 1. The summed E-state index contributed by atoms with van der Waals surface area (Å²) >= 11 is 3.43. The Hall–Kier alpha value is -1.13. The molecule has 2 N–H and O–H groups in total. The summed E-state index contributed by atoms with van der Waals surface area (Å²) in [6, 6.07) is 9.75. The van der Waals surface area contributed by atoms with Gasteiger partial charge in [-0.25, -0.2) is 0 Å². The molecule has 1 atom stereocenters. The largest absolute Gasteiger partial charge is 0.359 e. The Morgan fingerprint density at radius 3 is 2.94 bits per heavy atom. The monoisotopic (exact) mass is 280 g/mol. The zero-order valence-electron chi connectivity index (χ0n) is 8.98. The van der Waals surface area contributed by atoms with Crippen molar-refractivity contribution in [3.05, 3.63) is 40.6 Å². The van der Waals surface area contributed by atoms with Gasteiger partial charge in [0.2, 0.25) is 0 Å². The van der Waals surface area contributed by atoms with Crippen LogP contribution in [0.2, 0.25) is 0 Å². The van der Waals surface area contributed by atoms with Crippen molar-refractivity contribution in [1.82, 2.24) is 5.16 Å². The van der Waals surface area contributed by atoms with Gasteiger partial charge in [-0.15, -0.1) is 0 Å². The van der Waals surface area contributed by atoms with Crippen molar-refractivity contribution in [1.29, 1.82) is 0 Å². The molecule has 0 saturated heterocycles. The van der Waals surface area contributed by atoms with Crippen LogP contribution >= 0.6 is 15.9 Å². The van der Waals surface area contributed by atoms with Crippen LogP contribution in [-0.4, -0.2) is 5.16 Å². The van der Waals surface area contributed by atoms with E-state index in [1.54, 1.807) is 0 Å². The van der Waals surface area contributed by atoms with Crippen LogP contribution in [0.5, 0.6) is 0 Å². The lowest BCUT2D eigenvalue weighted by atomic mass is 10.1. The third kappa shape index (κ3) is 2.33. The third-order valence-electron chi connectivity index (χ3n) is 2.45. The van der Waals surface area contributed by atoms with Gasteiger partial charge in [-0.05, 0) is 18.6 Å². The molecule has 2 aromatic rings. The van der Waals surface area contributed by atoms with Crippen molar-refractivity contribution < 1.29 is 4.52 Å². The zero-order chi connectivity index (χ0) is 11.5. The average molecular weight is 281 g/mol. The Morgan fingerprint density at radius 2 is 2.25 bits per heavy atom. The molecule has 2 rings (SSSR count). The highest BCUT2D eigenvalue weighted by molar-refractivity contribution is 9.10. The number of benzene rings is 1. The molecule has 0 spiro atoms. The molecule has 84 valence electrons. The van der Waals surface area contributed by atoms with Gasteiger partial charge in [0.1, 0.15) is 5.69 Å². The van der Waals surface area contributed by atoms with Gasteiger partial charge < -0.3 is 10.3 Å². The molecule has 1 unspecified atom stereocenters. The van der Waals surface area contributed by atoms with Gasteiger partial charge in [0, 0.05) is 16.1 Å². The number of hydrogen-bond donors (Lipinski definition) is 1. The van der Waals surface area contributed by atoms with Gasteiger partial charge in [0.05, 0.1) is 6.04 Å². The van der Waals surface area contributed by atoms with E-state index in [1.165, 1.54) is 0 Å². The predicted octanol–water partition coefficient (Wildman–Crippen LogP) is 3.51. The Labute approximate surface area is 103 Å². The fourth-order valence-electron chi connectivity index (χ4n) is 1.45. The minimum absolute atomic E-state index is 0.0756. The second-order valence-electron chi connectivity index (χ2n) is 3.64. The van der Waals surface area contributed by atoms with Gasteiger partial charge in [-0.1, -0.05) is 40.1 Å². The summed E-state index contributed by atoms with van der Waals surface area (Å²) < 4.78 is 6.24. The summed E-state index contributed by atoms with van der Waals surface area (Å²) in [5, 5.41) is 4.02. The first kappa shape index (κ1) is 11.4. The van der Waals surface area contributed by atoms with Crippen LogP contribution < -0.4 is 5.73 Å². The quantitative estimate of drug-likeness (QED) is 0.936. The van der Waals surface area contributed by atoms with Gasteiger partial charge in [0.25, 0.3) is 0 Å². The van der Waals surface area contributed by atoms with Crippen LogP contribution in [0.1, 0.15) is 25.1 Å². The van der Waals surface area contributed by atoms with E-state index < -0.39 is 0 Å². The van der Waals surface area contributed by atoms with Crippen LogP contribution in [0.25, 0.3) is 11.3 Å². The highest BCUT2D eigenvalue weighted by atomic mass is 79.9. The Morgan fingerprint density at radius 1 is 1.44 bits per heavy atom. The third-order valence-corrected chi connectivity index (χ3v) is 2.95. The standard InChI is InChI=1S/C12H13BrN2O/c1-2-10(14)12-7-11(15-16-12)8-4-3-5-9(13)6-8/h3-7,10H,2,14H2,1H3. The zero-order valence-corrected chi connectivity index (χ0v) is 10.6. The van der Waals surface area contributed by atoms with Crippen LogP contribution in [0.3, 0.4) is 0 Å². The molecule has 1 aromatic carbocycles. The van der Waals surface area contributed by atoms with Crippen LogP contribution in [0, 0.1) is 0 Å². The van der Waals surface area contributed by atoms with E-state index in [1.807, 2.05) is 37.3 Å². The van der Waals surface area contributed by atoms with Gasteiger partial charge in [-0.2, -0.15) is 0 Å². The van der Waals surface area contributed by atoms with Crippen molar-refractivity contribution in [3.8, 4) is 11.3 Å². The lowest BCUT2D eigenvalue weighted by Crippen LogP contribution is -2.06. The highest BCUT2D eigenvalue weighted by Gasteiger charge is 2.11. The van der Waals surface area contributed by atoms with Crippen molar-refractivity contribution in [3.63, 3.8) is 0 Å². The topological polar surface area (TPSA) is 52.0 Å². The summed E-state index contributed by atoms with van der Waals surface area (Å²) in [5.74, 6) is 0.734. The first-order chi connectivity index (χ1) is 7.70. The Kier molecular flexibility index (Phi) is 3.41. The summed E-state index contributed by atoms with van der Waals surface area (Å²) in [5.41, 5.74) is 7.71.